The van der Waals surface area contributed by atoms with Crippen molar-refractivity contribution >= 4 is 23.2 Å². The molecule has 1 saturated heterocycles. The predicted octanol–water partition coefficient (Wildman–Crippen LogP) is 6.18. The normalized spacial score (nSPS) is 13.8. The fourth-order valence-electron chi connectivity index (χ4n) is 4.94. The first kappa shape index (κ1) is 35.5. The van der Waals surface area contributed by atoms with Gasteiger partial charge in [-0.15, -0.1) is 0 Å². The van der Waals surface area contributed by atoms with E-state index in [9.17, 15) is 9.18 Å². The van der Waals surface area contributed by atoms with Gasteiger partial charge in [-0.2, -0.15) is 5.26 Å². The lowest BCUT2D eigenvalue weighted by Crippen LogP contribution is -2.35. The van der Waals surface area contributed by atoms with Crippen LogP contribution in [0.3, 0.4) is 0 Å². The Balaban J connectivity index is 0.00000139. The fourth-order valence-corrected chi connectivity index (χ4v) is 4.94. The maximum Gasteiger partial charge on any atom is 0.337 e. The number of imidazole rings is 1. The second-order valence-electron chi connectivity index (χ2n) is 9.90. The number of nitrogens with zero attached hydrogens (tertiary/aromatic N) is 6. The second-order valence-corrected chi connectivity index (χ2v) is 9.90. The Hall–Kier alpha value is -5.02. The van der Waals surface area contributed by atoms with Crippen LogP contribution in [0.2, 0.25) is 0 Å². The van der Waals surface area contributed by atoms with E-state index in [4.69, 9.17) is 30.0 Å². The number of carbonyl (C=O) groups is 1. The number of likely N-dealkylation sites (tertiary alicyclic amines) is 1. The van der Waals surface area contributed by atoms with Crippen LogP contribution in [0, 0.1) is 23.1 Å². The zero-order valence-corrected chi connectivity index (χ0v) is 27.1. The molecule has 1 fully saturated rings. The molecule has 0 amide bonds. The Labute approximate surface area is 269 Å². The molecule has 0 radical (unpaired) electrons. The molecule has 4 aromatic rings. The Bertz CT molecular complexity index is 1650. The van der Waals surface area contributed by atoms with Crippen LogP contribution < -0.4 is 5.73 Å². The number of fused-ring (bicyclic) bond motifs is 1. The molecule has 0 atom stereocenters. The average Bonchev–Trinajstić information content (AvgIpc) is 3.74. The van der Waals surface area contributed by atoms with Crippen LogP contribution in [0.1, 0.15) is 73.7 Å². The van der Waals surface area contributed by atoms with Gasteiger partial charge >= 0.3 is 5.97 Å². The molecule has 0 saturated carbocycles. The van der Waals surface area contributed by atoms with Crippen molar-refractivity contribution in [3.8, 4) is 6.07 Å². The van der Waals surface area contributed by atoms with Gasteiger partial charge in [0.1, 0.15) is 31.1 Å². The third kappa shape index (κ3) is 9.25. The summed E-state index contributed by atoms with van der Waals surface area (Å²) < 4.78 is 26.4. The summed E-state index contributed by atoms with van der Waals surface area (Å²) in [7, 11) is 1.36. The highest BCUT2D eigenvalue weighted by Crippen LogP contribution is 2.25. The van der Waals surface area contributed by atoms with Crippen molar-refractivity contribution in [1.29, 1.82) is 5.26 Å². The van der Waals surface area contributed by atoms with E-state index in [1.54, 1.807) is 24.4 Å². The van der Waals surface area contributed by atoms with E-state index in [1.807, 2.05) is 44.4 Å². The van der Waals surface area contributed by atoms with Crippen molar-refractivity contribution in [2.45, 2.75) is 60.2 Å². The van der Waals surface area contributed by atoms with Crippen molar-refractivity contribution < 1.29 is 23.2 Å². The molecule has 0 unspecified atom stereocenters. The molecule has 1 aliphatic rings. The third-order valence-corrected chi connectivity index (χ3v) is 7.25. The summed E-state index contributed by atoms with van der Waals surface area (Å²) >= 11 is 0. The minimum absolute atomic E-state index is 0.0507. The molecule has 5 rings (SSSR count). The highest BCUT2D eigenvalue weighted by Gasteiger charge is 2.23. The Morgan fingerprint density at radius 2 is 1.93 bits per heavy atom. The summed E-state index contributed by atoms with van der Waals surface area (Å²) in [5.74, 6) is 0.660. The SMILES string of the molecule is CC.CC.COC(=O)c1ccc2nc(CN3CCC(/C(N)=C/C=N/OCc4ccc(C#N)cc4F)CC3)n(Cc3ncco3)c2c1. The van der Waals surface area contributed by atoms with E-state index in [1.165, 1.54) is 37.8 Å². The Morgan fingerprint density at radius 3 is 2.59 bits per heavy atom. The number of oxazole rings is 1. The van der Waals surface area contributed by atoms with Crippen LogP contribution in [0.15, 0.2) is 70.2 Å². The minimum atomic E-state index is -0.509. The first-order valence-corrected chi connectivity index (χ1v) is 15.4. The molecule has 12 heteroatoms. The van der Waals surface area contributed by atoms with Gasteiger partial charge in [0.2, 0.25) is 5.89 Å². The predicted molar refractivity (Wildman–Crippen MR) is 174 cm³/mol. The lowest BCUT2D eigenvalue weighted by molar-refractivity contribution is 0.0601. The number of nitriles is 1. The monoisotopic (exact) mass is 631 g/mol. The van der Waals surface area contributed by atoms with E-state index in [0.717, 1.165) is 42.8 Å². The molecule has 46 heavy (non-hydrogen) atoms. The quantitative estimate of drug-likeness (QED) is 0.123. The Morgan fingerprint density at radius 1 is 1.17 bits per heavy atom. The number of aromatic nitrogens is 3. The average molecular weight is 632 g/mol. The van der Waals surface area contributed by atoms with E-state index in [0.29, 0.717) is 35.8 Å². The summed E-state index contributed by atoms with van der Waals surface area (Å²) in [5.41, 5.74) is 9.62. The van der Waals surface area contributed by atoms with E-state index < -0.39 is 11.8 Å². The lowest BCUT2D eigenvalue weighted by atomic mass is 9.93. The molecule has 3 heterocycles. The number of nitrogens with two attached hydrogens (primary N) is 1. The van der Waals surface area contributed by atoms with Gasteiger partial charge in [0, 0.05) is 17.2 Å². The van der Waals surface area contributed by atoms with E-state index >= 15 is 0 Å². The number of hydrogen-bond donors (Lipinski definition) is 1. The van der Waals surface area contributed by atoms with Crippen molar-refractivity contribution in [3.63, 3.8) is 0 Å². The van der Waals surface area contributed by atoms with Gasteiger partial charge in [-0.1, -0.05) is 38.9 Å². The molecular weight excluding hydrogens is 589 g/mol. The van der Waals surface area contributed by atoms with Crippen LogP contribution in [0.4, 0.5) is 4.39 Å². The van der Waals surface area contributed by atoms with E-state index in [2.05, 4.69) is 15.0 Å². The molecule has 2 aromatic carbocycles. The lowest BCUT2D eigenvalue weighted by Gasteiger charge is -2.31. The fraction of sp³-hybridized carbons (Fsp3) is 0.382. The van der Waals surface area contributed by atoms with Gasteiger partial charge in [0.05, 0.1) is 54.3 Å². The number of halogens is 1. The van der Waals surface area contributed by atoms with E-state index in [-0.39, 0.29) is 18.1 Å². The number of esters is 1. The van der Waals surface area contributed by atoms with Gasteiger partial charge in [-0.3, -0.25) is 4.90 Å². The summed E-state index contributed by atoms with van der Waals surface area (Å²) in [6.45, 7) is 10.6. The Kier molecular flexibility index (Phi) is 13.9. The highest BCUT2D eigenvalue weighted by atomic mass is 19.1. The first-order valence-electron chi connectivity index (χ1n) is 15.4. The number of oxime groups is 1. The number of hydrogen-bond acceptors (Lipinski definition) is 10. The van der Waals surface area contributed by atoms with Crippen LogP contribution in [-0.2, 0) is 29.3 Å². The van der Waals surface area contributed by atoms with Gasteiger partial charge in [-0.05, 0) is 62.3 Å². The van der Waals surface area contributed by atoms with Crippen LogP contribution in [-0.4, -0.2) is 51.8 Å². The second kappa shape index (κ2) is 18.1. The number of allylic oxidation sites excluding steroid dienone is 2. The molecule has 11 nitrogen and oxygen atoms in total. The maximum absolute atomic E-state index is 14.0. The molecule has 2 aromatic heterocycles. The van der Waals surface area contributed by atoms with Gasteiger partial charge in [0.15, 0.2) is 0 Å². The molecule has 2 N–H and O–H groups in total. The van der Waals surface area contributed by atoms with Gasteiger partial charge in [0.25, 0.3) is 0 Å². The summed E-state index contributed by atoms with van der Waals surface area (Å²) in [6, 6.07) is 11.4. The molecule has 0 bridgehead atoms. The van der Waals surface area contributed by atoms with Crippen molar-refractivity contribution in [3.05, 3.63) is 94.9 Å². The third-order valence-electron chi connectivity index (χ3n) is 7.25. The minimum Gasteiger partial charge on any atom is -0.465 e. The largest absolute Gasteiger partial charge is 0.465 e. The van der Waals surface area contributed by atoms with Crippen molar-refractivity contribution in [1.82, 2.24) is 19.4 Å². The molecule has 0 spiro atoms. The number of methoxy groups -OCH3 is 1. The van der Waals surface area contributed by atoms with Crippen molar-refractivity contribution in [2.75, 3.05) is 20.2 Å². The zero-order chi connectivity index (χ0) is 33.5. The number of rotatable bonds is 10. The highest BCUT2D eigenvalue weighted by molar-refractivity contribution is 5.93. The smallest absolute Gasteiger partial charge is 0.337 e. The van der Waals surface area contributed by atoms with Crippen LogP contribution in [0.25, 0.3) is 11.0 Å². The van der Waals surface area contributed by atoms with Crippen molar-refractivity contribution in [2.24, 2.45) is 16.8 Å². The van der Waals surface area contributed by atoms with Crippen LogP contribution >= 0.6 is 0 Å². The molecule has 244 valence electrons. The number of ether oxygens (including phenoxy) is 1. The maximum atomic E-state index is 14.0. The number of benzene rings is 2. The molecule has 0 aliphatic carbocycles. The number of piperidine rings is 1. The number of carbonyl (C=O) groups excluding carboxylic acids is 1. The zero-order valence-electron chi connectivity index (χ0n) is 27.1. The topological polar surface area (TPSA) is 145 Å². The summed E-state index contributed by atoms with van der Waals surface area (Å²) in [4.78, 5) is 28.8. The van der Waals surface area contributed by atoms with Gasteiger partial charge < -0.3 is 24.3 Å². The summed E-state index contributed by atoms with van der Waals surface area (Å²) in [5, 5.41) is 12.7. The molecule has 1 aliphatic heterocycles. The van der Waals surface area contributed by atoms with Gasteiger partial charge in [-0.25, -0.2) is 19.2 Å². The first-order chi connectivity index (χ1) is 22.4. The standard InChI is InChI=1S/C30H30FN7O4.2C2H6/c1-40-30(39)22-4-5-26-27(15-22)38(18-29-34-10-13-41-29)28(36-26)17-37-11-7-21(8-12-37)25(33)6-9-35-42-19-23-3-2-20(16-32)14-24(23)31;2*1-2/h2-6,9-10,13-15,21H,7-8,11-12,17-19,33H2,1H3;2*1-2H3/b25-6-,35-9+;;. The van der Waals surface area contributed by atoms with Crippen LogP contribution in [0.5, 0.6) is 0 Å². The summed E-state index contributed by atoms with van der Waals surface area (Å²) in [6.07, 6.45) is 8.03. The molecular formula is C34H42FN7O4.